The molecule has 0 heterocycles. The van der Waals surface area contributed by atoms with E-state index >= 15 is 0 Å². The fourth-order valence-corrected chi connectivity index (χ4v) is 2.56. The topological polar surface area (TPSA) is 57.5 Å². The zero-order valence-electron chi connectivity index (χ0n) is 10.1. The van der Waals surface area contributed by atoms with Crippen molar-refractivity contribution in [1.29, 1.82) is 0 Å². The standard InChI is InChI=1S/C13H18O3S/c1-10(12(14)15)8-17-9-13(2,16)11-6-4-3-5-7-11/h3-7,10,16H,8-9H2,1-2H3,(H,14,15). The van der Waals surface area contributed by atoms with Crippen LogP contribution in [0.2, 0.25) is 0 Å². The van der Waals surface area contributed by atoms with Crippen LogP contribution in [0.5, 0.6) is 0 Å². The van der Waals surface area contributed by atoms with E-state index in [1.165, 1.54) is 11.8 Å². The molecule has 1 rings (SSSR count). The number of thioether (sulfide) groups is 1. The summed E-state index contributed by atoms with van der Waals surface area (Å²) < 4.78 is 0. The van der Waals surface area contributed by atoms with Crippen molar-refractivity contribution in [3.8, 4) is 0 Å². The second-order valence-corrected chi connectivity index (χ2v) is 5.42. The summed E-state index contributed by atoms with van der Waals surface area (Å²) in [5, 5.41) is 19.0. The van der Waals surface area contributed by atoms with Crippen LogP contribution in [0.1, 0.15) is 19.4 Å². The number of aliphatic hydroxyl groups is 1. The summed E-state index contributed by atoms with van der Waals surface area (Å²) >= 11 is 1.46. The Morgan fingerprint density at radius 1 is 1.41 bits per heavy atom. The third-order valence-electron chi connectivity index (χ3n) is 2.57. The summed E-state index contributed by atoms with van der Waals surface area (Å²) in [6.07, 6.45) is 0. The number of rotatable bonds is 6. The lowest BCUT2D eigenvalue weighted by atomic mass is 9.99. The van der Waals surface area contributed by atoms with Gasteiger partial charge in [0.05, 0.1) is 11.5 Å². The van der Waals surface area contributed by atoms with Crippen molar-refractivity contribution in [2.24, 2.45) is 5.92 Å². The Hall–Kier alpha value is -1.00. The number of benzene rings is 1. The highest BCUT2D eigenvalue weighted by molar-refractivity contribution is 7.99. The zero-order valence-corrected chi connectivity index (χ0v) is 10.9. The fourth-order valence-electron chi connectivity index (χ4n) is 1.39. The highest BCUT2D eigenvalue weighted by atomic mass is 32.2. The van der Waals surface area contributed by atoms with E-state index in [9.17, 15) is 9.90 Å². The van der Waals surface area contributed by atoms with Crippen molar-refractivity contribution < 1.29 is 15.0 Å². The van der Waals surface area contributed by atoms with Gasteiger partial charge in [-0.15, -0.1) is 0 Å². The second kappa shape index (κ2) is 6.07. The monoisotopic (exact) mass is 254 g/mol. The Bertz CT molecular complexity index is 362. The van der Waals surface area contributed by atoms with E-state index < -0.39 is 11.6 Å². The number of carboxylic acids is 1. The van der Waals surface area contributed by atoms with Crippen molar-refractivity contribution >= 4 is 17.7 Å². The maximum Gasteiger partial charge on any atom is 0.307 e. The predicted octanol–water partition coefficient (Wildman–Crippen LogP) is 2.35. The SMILES string of the molecule is CC(CSCC(C)(O)c1ccccc1)C(=O)O. The molecule has 0 saturated heterocycles. The van der Waals surface area contributed by atoms with Crippen LogP contribution in [-0.4, -0.2) is 27.7 Å². The third-order valence-corrected chi connectivity index (χ3v) is 4.07. The lowest BCUT2D eigenvalue weighted by Gasteiger charge is -2.23. The molecule has 2 unspecified atom stereocenters. The Morgan fingerprint density at radius 2 is 2.00 bits per heavy atom. The molecule has 1 aromatic carbocycles. The molecule has 2 N–H and O–H groups in total. The molecule has 0 aliphatic carbocycles. The number of hydrogen-bond donors (Lipinski definition) is 2. The van der Waals surface area contributed by atoms with E-state index in [4.69, 9.17) is 5.11 Å². The summed E-state index contributed by atoms with van der Waals surface area (Å²) in [5.41, 5.74) is -0.0556. The molecule has 0 saturated carbocycles. The molecule has 0 fully saturated rings. The maximum atomic E-state index is 10.6. The Morgan fingerprint density at radius 3 is 2.53 bits per heavy atom. The van der Waals surface area contributed by atoms with E-state index in [2.05, 4.69) is 0 Å². The Labute approximate surface area is 106 Å². The minimum atomic E-state index is -0.913. The summed E-state index contributed by atoms with van der Waals surface area (Å²) in [5.74, 6) is -0.170. The molecular formula is C13H18O3S. The van der Waals surface area contributed by atoms with Crippen LogP contribution >= 0.6 is 11.8 Å². The normalized spacial score (nSPS) is 16.2. The molecule has 0 amide bonds. The van der Waals surface area contributed by atoms with E-state index in [1.807, 2.05) is 30.3 Å². The van der Waals surface area contributed by atoms with Gasteiger partial charge in [0.1, 0.15) is 0 Å². The molecule has 4 heteroatoms. The minimum Gasteiger partial charge on any atom is -0.481 e. The summed E-state index contributed by atoms with van der Waals surface area (Å²) in [6, 6.07) is 9.42. The molecular weight excluding hydrogens is 236 g/mol. The van der Waals surface area contributed by atoms with Crippen LogP contribution in [0.3, 0.4) is 0 Å². The van der Waals surface area contributed by atoms with Gasteiger partial charge in [0.15, 0.2) is 0 Å². The first kappa shape index (κ1) is 14.1. The molecule has 0 spiro atoms. The lowest BCUT2D eigenvalue weighted by molar-refractivity contribution is -0.140. The molecule has 0 aliphatic heterocycles. The van der Waals surface area contributed by atoms with Gasteiger partial charge in [-0.1, -0.05) is 37.3 Å². The van der Waals surface area contributed by atoms with Crippen molar-refractivity contribution in [3.63, 3.8) is 0 Å². The smallest absolute Gasteiger partial charge is 0.307 e. The lowest BCUT2D eigenvalue weighted by Crippen LogP contribution is -2.25. The number of aliphatic carboxylic acids is 1. The maximum absolute atomic E-state index is 10.6. The fraction of sp³-hybridized carbons (Fsp3) is 0.462. The Kier molecular flexibility index (Phi) is 5.02. The average molecular weight is 254 g/mol. The van der Waals surface area contributed by atoms with E-state index in [1.54, 1.807) is 13.8 Å². The minimum absolute atomic E-state index is 0.383. The molecule has 0 radical (unpaired) electrons. The van der Waals surface area contributed by atoms with Gasteiger partial charge in [0, 0.05) is 11.5 Å². The van der Waals surface area contributed by atoms with Crippen LogP contribution in [0.25, 0.3) is 0 Å². The van der Waals surface area contributed by atoms with E-state index in [-0.39, 0.29) is 5.92 Å². The van der Waals surface area contributed by atoms with Crippen LogP contribution in [0.4, 0.5) is 0 Å². The zero-order chi connectivity index (χ0) is 12.9. The second-order valence-electron chi connectivity index (χ2n) is 4.39. The number of carboxylic acid groups (broad SMARTS) is 1. The van der Waals surface area contributed by atoms with Gasteiger partial charge in [0.25, 0.3) is 0 Å². The molecule has 0 bridgehead atoms. The van der Waals surface area contributed by atoms with Crippen molar-refractivity contribution in [1.82, 2.24) is 0 Å². The van der Waals surface area contributed by atoms with Gasteiger partial charge >= 0.3 is 5.97 Å². The number of carbonyl (C=O) groups is 1. The summed E-state index contributed by atoms with van der Waals surface area (Å²) in [6.45, 7) is 3.42. The third kappa shape index (κ3) is 4.40. The largest absolute Gasteiger partial charge is 0.481 e. The molecule has 1 aromatic rings. The van der Waals surface area contributed by atoms with Crippen LogP contribution in [0, 0.1) is 5.92 Å². The van der Waals surface area contributed by atoms with Crippen molar-refractivity contribution in [2.75, 3.05) is 11.5 Å². The molecule has 2 atom stereocenters. The summed E-state index contributed by atoms with van der Waals surface area (Å²) in [7, 11) is 0. The molecule has 94 valence electrons. The highest BCUT2D eigenvalue weighted by Gasteiger charge is 2.23. The Balaban J connectivity index is 2.48. The highest BCUT2D eigenvalue weighted by Crippen LogP contribution is 2.25. The molecule has 0 aromatic heterocycles. The summed E-state index contributed by atoms with van der Waals surface area (Å²) in [4.78, 5) is 10.6. The van der Waals surface area contributed by atoms with Gasteiger partial charge in [-0.3, -0.25) is 4.79 Å². The van der Waals surface area contributed by atoms with Gasteiger partial charge < -0.3 is 10.2 Å². The van der Waals surface area contributed by atoms with Crippen LogP contribution < -0.4 is 0 Å². The first-order valence-electron chi connectivity index (χ1n) is 5.52. The van der Waals surface area contributed by atoms with Crippen molar-refractivity contribution in [2.45, 2.75) is 19.4 Å². The quantitative estimate of drug-likeness (QED) is 0.818. The first-order chi connectivity index (χ1) is 7.93. The van der Waals surface area contributed by atoms with Gasteiger partial charge in [-0.05, 0) is 12.5 Å². The predicted molar refractivity (Wildman–Crippen MR) is 70.1 cm³/mol. The van der Waals surface area contributed by atoms with Gasteiger partial charge in [0.2, 0.25) is 0 Å². The van der Waals surface area contributed by atoms with Gasteiger partial charge in [-0.2, -0.15) is 11.8 Å². The molecule has 3 nitrogen and oxygen atoms in total. The molecule has 17 heavy (non-hydrogen) atoms. The van der Waals surface area contributed by atoms with Crippen molar-refractivity contribution in [3.05, 3.63) is 35.9 Å². The number of hydrogen-bond acceptors (Lipinski definition) is 3. The van der Waals surface area contributed by atoms with Crippen LogP contribution in [-0.2, 0) is 10.4 Å². The molecule has 0 aliphatic rings. The van der Waals surface area contributed by atoms with E-state index in [0.29, 0.717) is 11.5 Å². The van der Waals surface area contributed by atoms with E-state index in [0.717, 1.165) is 5.56 Å². The average Bonchev–Trinajstić information content (AvgIpc) is 2.29. The first-order valence-corrected chi connectivity index (χ1v) is 6.67. The van der Waals surface area contributed by atoms with Gasteiger partial charge in [-0.25, -0.2) is 0 Å². The van der Waals surface area contributed by atoms with Crippen LogP contribution in [0.15, 0.2) is 30.3 Å².